The van der Waals surface area contributed by atoms with Crippen LogP contribution in [0.15, 0.2) is 0 Å². The van der Waals surface area contributed by atoms with Crippen LogP contribution in [-0.4, -0.2) is 12.6 Å². The van der Waals surface area contributed by atoms with Crippen molar-refractivity contribution in [2.45, 2.75) is 19.8 Å². The Morgan fingerprint density at radius 3 is 2.50 bits per heavy atom. The van der Waals surface area contributed by atoms with Gasteiger partial charge in [-0.25, -0.2) is 0 Å². The minimum absolute atomic E-state index is 0.0419. The van der Waals surface area contributed by atoms with E-state index in [0.717, 1.165) is 12.6 Å². The number of rotatable bonds is 4. The lowest BCUT2D eigenvalue weighted by atomic mass is 10.1. The van der Waals surface area contributed by atoms with Crippen molar-refractivity contribution in [3.05, 3.63) is 0 Å². The van der Waals surface area contributed by atoms with Crippen molar-refractivity contribution < 1.29 is 9.59 Å². The van der Waals surface area contributed by atoms with Crippen molar-refractivity contribution in [1.29, 1.82) is 0 Å². The number of hydrogen-bond donors (Lipinski definition) is 0. The summed E-state index contributed by atoms with van der Waals surface area (Å²) in [5.41, 5.74) is 0. The predicted molar refractivity (Wildman–Crippen MR) is 30.5 cm³/mol. The lowest BCUT2D eigenvalue weighted by molar-refractivity contribution is -0.111. The highest BCUT2D eigenvalue weighted by molar-refractivity contribution is 5.55. The number of carbonyl (C=O) groups is 2. The molecule has 0 aromatic heterocycles. The Hall–Kier alpha value is -0.660. The molecule has 0 bridgehead atoms. The van der Waals surface area contributed by atoms with Crippen LogP contribution < -0.4 is 0 Å². The van der Waals surface area contributed by atoms with E-state index >= 15 is 0 Å². The molecule has 0 aliphatic rings. The number of carbonyl (C=O) groups excluding carboxylic acids is 2. The summed E-state index contributed by atoms with van der Waals surface area (Å²) >= 11 is 0. The normalized spacial score (nSPS) is 12.6. The lowest BCUT2D eigenvalue weighted by Gasteiger charge is -1.94. The third-order valence-electron chi connectivity index (χ3n) is 0.972. The highest BCUT2D eigenvalue weighted by atomic mass is 16.1. The van der Waals surface area contributed by atoms with Gasteiger partial charge in [-0.05, 0) is 6.42 Å². The summed E-state index contributed by atoms with van der Waals surface area (Å²) in [5, 5.41) is 0. The minimum Gasteiger partial charge on any atom is -0.303 e. The maximum atomic E-state index is 9.89. The summed E-state index contributed by atoms with van der Waals surface area (Å²) in [6.45, 7) is 1.80. The third kappa shape index (κ3) is 3.53. The average Bonchev–Trinajstić information content (AvgIpc) is 1.83. The van der Waals surface area contributed by atoms with Gasteiger partial charge in [-0.1, -0.05) is 6.92 Å². The summed E-state index contributed by atoms with van der Waals surface area (Å²) < 4.78 is 0. The van der Waals surface area contributed by atoms with E-state index in [2.05, 4.69) is 0 Å². The molecule has 0 aromatic rings. The molecule has 0 aliphatic carbocycles. The maximum Gasteiger partial charge on any atom is 0.122 e. The van der Waals surface area contributed by atoms with Gasteiger partial charge < -0.3 is 9.59 Å². The van der Waals surface area contributed by atoms with Gasteiger partial charge in [0.05, 0.1) is 0 Å². The molecular formula is C6H10O2. The summed E-state index contributed by atoms with van der Waals surface area (Å²) in [6.07, 6.45) is 2.89. The Bertz CT molecular complexity index is 78.6. The molecule has 0 unspecified atom stereocenters. The molecule has 0 radical (unpaired) electrons. The van der Waals surface area contributed by atoms with Gasteiger partial charge in [-0.2, -0.15) is 0 Å². The van der Waals surface area contributed by atoms with E-state index < -0.39 is 0 Å². The first-order valence-corrected chi connectivity index (χ1v) is 2.70. The van der Waals surface area contributed by atoms with Crippen LogP contribution in [0, 0.1) is 5.92 Å². The van der Waals surface area contributed by atoms with Gasteiger partial charge in [-0.15, -0.1) is 0 Å². The van der Waals surface area contributed by atoms with Crippen LogP contribution in [0.2, 0.25) is 0 Å². The molecule has 0 amide bonds. The molecule has 0 spiro atoms. The fourth-order valence-corrected chi connectivity index (χ4v) is 0.399. The van der Waals surface area contributed by atoms with Crippen molar-refractivity contribution in [2.75, 3.05) is 0 Å². The van der Waals surface area contributed by atoms with Crippen LogP contribution in [0.25, 0.3) is 0 Å². The molecule has 0 heterocycles. The van der Waals surface area contributed by atoms with Gasteiger partial charge in [0.1, 0.15) is 12.6 Å². The predicted octanol–water partition coefficient (Wildman–Crippen LogP) is 0.800. The summed E-state index contributed by atoms with van der Waals surface area (Å²) in [5.74, 6) is 0.0419. The van der Waals surface area contributed by atoms with E-state index in [0.29, 0.717) is 12.8 Å². The molecule has 1 atom stereocenters. The molecule has 8 heavy (non-hydrogen) atoms. The van der Waals surface area contributed by atoms with Crippen LogP contribution in [0.1, 0.15) is 19.8 Å². The fourth-order valence-electron chi connectivity index (χ4n) is 0.399. The molecule has 0 rings (SSSR count). The zero-order valence-corrected chi connectivity index (χ0v) is 4.96. The SMILES string of the molecule is C[C@H](C=O)CCC=O. The third-order valence-corrected chi connectivity index (χ3v) is 0.972. The molecule has 2 heteroatoms. The Morgan fingerprint density at radius 2 is 2.12 bits per heavy atom. The van der Waals surface area contributed by atoms with Crippen molar-refractivity contribution in [3.63, 3.8) is 0 Å². The largest absolute Gasteiger partial charge is 0.303 e. The minimum atomic E-state index is 0.0419. The van der Waals surface area contributed by atoms with Gasteiger partial charge in [0.25, 0.3) is 0 Å². The van der Waals surface area contributed by atoms with Crippen molar-refractivity contribution in [1.82, 2.24) is 0 Å². The molecular weight excluding hydrogens is 104 g/mol. The number of aldehydes is 2. The van der Waals surface area contributed by atoms with Gasteiger partial charge in [0, 0.05) is 12.3 Å². The lowest BCUT2D eigenvalue weighted by Crippen LogP contribution is -1.94. The Morgan fingerprint density at radius 1 is 1.50 bits per heavy atom. The molecule has 46 valence electrons. The smallest absolute Gasteiger partial charge is 0.122 e. The zero-order valence-electron chi connectivity index (χ0n) is 4.96. The van der Waals surface area contributed by atoms with E-state index in [1.807, 2.05) is 0 Å². The first kappa shape index (κ1) is 7.34. The molecule has 2 nitrogen and oxygen atoms in total. The molecule has 0 saturated carbocycles. The summed E-state index contributed by atoms with van der Waals surface area (Å²) in [4.78, 5) is 19.6. The summed E-state index contributed by atoms with van der Waals surface area (Å²) in [7, 11) is 0. The second kappa shape index (κ2) is 4.50. The van der Waals surface area contributed by atoms with E-state index in [9.17, 15) is 9.59 Å². The van der Waals surface area contributed by atoms with Crippen LogP contribution in [0.3, 0.4) is 0 Å². The fraction of sp³-hybridized carbons (Fsp3) is 0.667. The van der Waals surface area contributed by atoms with Gasteiger partial charge >= 0.3 is 0 Å². The van der Waals surface area contributed by atoms with E-state index in [-0.39, 0.29) is 5.92 Å². The average molecular weight is 114 g/mol. The Kier molecular flexibility index (Phi) is 4.13. The van der Waals surface area contributed by atoms with Crippen molar-refractivity contribution >= 4 is 12.6 Å². The molecule has 0 aromatic carbocycles. The second-order valence-electron chi connectivity index (χ2n) is 1.86. The van der Waals surface area contributed by atoms with E-state index in [1.165, 1.54) is 0 Å². The zero-order chi connectivity index (χ0) is 6.41. The van der Waals surface area contributed by atoms with Crippen LogP contribution in [0.4, 0.5) is 0 Å². The second-order valence-corrected chi connectivity index (χ2v) is 1.86. The molecule has 0 fully saturated rings. The summed E-state index contributed by atoms with van der Waals surface area (Å²) in [6, 6.07) is 0. The molecule has 0 saturated heterocycles. The van der Waals surface area contributed by atoms with Crippen molar-refractivity contribution in [3.8, 4) is 0 Å². The van der Waals surface area contributed by atoms with Crippen LogP contribution in [-0.2, 0) is 9.59 Å². The Labute approximate surface area is 48.9 Å². The standard InChI is InChI=1S/C6H10O2/c1-6(5-8)3-2-4-7/h4-6H,2-3H2,1H3/t6-/m0/s1. The topological polar surface area (TPSA) is 34.1 Å². The quantitative estimate of drug-likeness (QED) is 0.506. The van der Waals surface area contributed by atoms with Gasteiger partial charge in [0.2, 0.25) is 0 Å². The van der Waals surface area contributed by atoms with Crippen LogP contribution in [0.5, 0.6) is 0 Å². The highest BCUT2D eigenvalue weighted by Gasteiger charge is 1.95. The van der Waals surface area contributed by atoms with E-state index in [1.54, 1.807) is 6.92 Å². The van der Waals surface area contributed by atoms with E-state index in [4.69, 9.17) is 0 Å². The molecule has 0 N–H and O–H groups in total. The molecule has 0 aliphatic heterocycles. The van der Waals surface area contributed by atoms with Crippen LogP contribution >= 0.6 is 0 Å². The monoisotopic (exact) mass is 114 g/mol. The first-order chi connectivity index (χ1) is 3.81. The number of hydrogen-bond acceptors (Lipinski definition) is 2. The maximum absolute atomic E-state index is 9.89. The van der Waals surface area contributed by atoms with Gasteiger partial charge in [0.15, 0.2) is 0 Å². The highest BCUT2D eigenvalue weighted by Crippen LogP contribution is 1.98. The van der Waals surface area contributed by atoms with Crippen molar-refractivity contribution in [2.24, 2.45) is 5.92 Å². The van der Waals surface area contributed by atoms with Gasteiger partial charge in [-0.3, -0.25) is 0 Å². The Balaban J connectivity index is 3.09. The first-order valence-electron chi connectivity index (χ1n) is 2.70.